The van der Waals surface area contributed by atoms with Crippen LogP contribution in [0.25, 0.3) is 16.5 Å². The summed E-state index contributed by atoms with van der Waals surface area (Å²) in [7, 11) is -2.28. The Hall–Kier alpha value is -4.89. The van der Waals surface area contributed by atoms with Crippen LogP contribution in [-0.4, -0.2) is 31.4 Å². The molecule has 0 saturated carbocycles. The number of aromatic hydroxyl groups is 1. The van der Waals surface area contributed by atoms with E-state index in [1.807, 2.05) is 32.0 Å². The summed E-state index contributed by atoms with van der Waals surface area (Å²) in [6, 6.07) is 25.3. The number of nitrogens with one attached hydrogen (secondary N) is 1. The Bertz CT molecular complexity index is 1910. The predicted octanol–water partition coefficient (Wildman–Crippen LogP) is 5.87. The molecule has 0 fully saturated rings. The van der Waals surface area contributed by atoms with Crippen molar-refractivity contribution in [2.45, 2.75) is 18.7 Å². The van der Waals surface area contributed by atoms with Crippen LogP contribution in [0.2, 0.25) is 0 Å². The third kappa shape index (κ3) is 5.19. The highest BCUT2D eigenvalue weighted by Crippen LogP contribution is 2.28. The standard InChI is InChI=1S/C31H27N3O5S/c1-20-8-17-29(21(2)18-20)34-30(35)27-7-5-4-6-26(27)28(31(34)36)19-32-22-9-11-23(12-10-22)33-40(37,38)25-15-13-24(39-3)14-16-25/h4-19,33,36H,1-3H3. The fraction of sp³-hybridized carbons (Fsp3) is 0.0968. The molecule has 1 heterocycles. The summed E-state index contributed by atoms with van der Waals surface area (Å²) in [6.07, 6.45) is 1.51. The monoisotopic (exact) mass is 553 g/mol. The third-order valence-corrected chi connectivity index (χ3v) is 7.93. The summed E-state index contributed by atoms with van der Waals surface area (Å²) in [6.45, 7) is 3.86. The van der Waals surface area contributed by atoms with Crippen molar-refractivity contribution in [3.8, 4) is 17.3 Å². The number of sulfonamides is 1. The van der Waals surface area contributed by atoms with Gasteiger partial charge in [0.2, 0.25) is 5.88 Å². The summed E-state index contributed by atoms with van der Waals surface area (Å²) in [5.74, 6) is 0.340. The second-order valence-corrected chi connectivity index (χ2v) is 11.0. The van der Waals surface area contributed by atoms with Crippen LogP contribution in [0, 0.1) is 13.8 Å². The lowest BCUT2D eigenvalue weighted by molar-refractivity contribution is 0.414. The average Bonchev–Trinajstić information content (AvgIpc) is 2.95. The molecule has 202 valence electrons. The van der Waals surface area contributed by atoms with E-state index in [-0.39, 0.29) is 16.3 Å². The quantitative estimate of drug-likeness (QED) is 0.245. The molecule has 5 rings (SSSR count). The van der Waals surface area contributed by atoms with E-state index in [0.29, 0.717) is 39.1 Å². The van der Waals surface area contributed by atoms with Crippen LogP contribution in [0.5, 0.6) is 11.6 Å². The Morgan fingerprint density at radius 1 is 0.900 bits per heavy atom. The second-order valence-electron chi connectivity index (χ2n) is 9.30. The number of anilines is 1. The van der Waals surface area contributed by atoms with Gasteiger partial charge in [0, 0.05) is 22.7 Å². The van der Waals surface area contributed by atoms with E-state index in [1.165, 1.54) is 30.0 Å². The van der Waals surface area contributed by atoms with Gasteiger partial charge >= 0.3 is 0 Å². The van der Waals surface area contributed by atoms with Crippen molar-refractivity contribution in [3.05, 3.63) is 118 Å². The maximum atomic E-state index is 13.4. The Labute approximate surface area is 231 Å². The number of aryl methyl sites for hydroxylation is 2. The molecular weight excluding hydrogens is 526 g/mol. The lowest BCUT2D eigenvalue weighted by Crippen LogP contribution is -2.21. The van der Waals surface area contributed by atoms with Gasteiger partial charge in [0.1, 0.15) is 5.75 Å². The van der Waals surface area contributed by atoms with Crippen LogP contribution >= 0.6 is 0 Å². The molecule has 0 unspecified atom stereocenters. The number of benzene rings is 4. The Balaban J connectivity index is 1.48. The molecule has 0 amide bonds. The van der Waals surface area contributed by atoms with Crippen LogP contribution in [0.3, 0.4) is 0 Å². The minimum atomic E-state index is -3.79. The first kappa shape index (κ1) is 26.7. The van der Waals surface area contributed by atoms with Crippen molar-refractivity contribution < 1.29 is 18.3 Å². The molecule has 5 aromatic rings. The maximum Gasteiger partial charge on any atom is 0.265 e. The van der Waals surface area contributed by atoms with Crippen LogP contribution in [-0.2, 0) is 10.0 Å². The predicted molar refractivity (Wildman–Crippen MR) is 158 cm³/mol. The molecule has 8 nitrogen and oxygen atoms in total. The lowest BCUT2D eigenvalue weighted by Gasteiger charge is -2.16. The zero-order chi connectivity index (χ0) is 28.4. The first-order valence-corrected chi connectivity index (χ1v) is 13.9. The topological polar surface area (TPSA) is 110 Å². The molecule has 4 aromatic carbocycles. The van der Waals surface area contributed by atoms with Crippen molar-refractivity contribution in [2.24, 2.45) is 4.99 Å². The van der Waals surface area contributed by atoms with Crippen molar-refractivity contribution in [1.29, 1.82) is 0 Å². The average molecular weight is 554 g/mol. The van der Waals surface area contributed by atoms with Crippen molar-refractivity contribution in [1.82, 2.24) is 4.57 Å². The molecule has 0 aliphatic rings. The molecule has 1 aromatic heterocycles. The Kier molecular flexibility index (Phi) is 7.15. The number of hydrogen-bond acceptors (Lipinski definition) is 6. The largest absolute Gasteiger partial charge is 0.497 e. The second kappa shape index (κ2) is 10.7. The first-order chi connectivity index (χ1) is 19.2. The van der Waals surface area contributed by atoms with Gasteiger partial charge in [-0.2, -0.15) is 0 Å². The van der Waals surface area contributed by atoms with Gasteiger partial charge in [0.05, 0.1) is 28.9 Å². The van der Waals surface area contributed by atoms with Gasteiger partial charge in [-0.15, -0.1) is 0 Å². The molecule has 40 heavy (non-hydrogen) atoms. The van der Waals surface area contributed by atoms with Crippen LogP contribution in [0.4, 0.5) is 11.4 Å². The molecule has 0 atom stereocenters. The van der Waals surface area contributed by atoms with Gasteiger partial charge in [0.25, 0.3) is 15.6 Å². The molecule has 0 spiro atoms. The highest BCUT2D eigenvalue weighted by molar-refractivity contribution is 7.92. The van der Waals surface area contributed by atoms with Crippen LogP contribution in [0.15, 0.2) is 106 Å². The van der Waals surface area contributed by atoms with Crippen molar-refractivity contribution in [2.75, 3.05) is 11.8 Å². The van der Waals surface area contributed by atoms with Crippen LogP contribution < -0.4 is 15.0 Å². The van der Waals surface area contributed by atoms with Gasteiger partial charge in [0.15, 0.2) is 0 Å². The lowest BCUT2D eigenvalue weighted by atomic mass is 10.1. The fourth-order valence-corrected chi connectivity index (χ4v) is 5.55. The molecule has 0 bridgehead atoms. The summed E-state index contributed by atoms with van der Waals surface area (Å²) >= 11 is 0. The molecule has 9 heteroatoms. The zero-order valence-electron chi connectivity index (χ0n) is 22.1. The smallest absolute Gasteiger partial charge is 0.265 e. The molecule has 0 radical (unpaired) electrons. The maximum absolute atomic E-state index is 13.4. The third-order valence-electron chi connectivity index (χ3n) is 6.53. The number of aromatic nitrogens is 1. The molecule has 2 N–H and O–H groups in total. The van der Waals surface area contributed by atoms with E-state index < -0.39 is 10.0 Å². The summed E-state index contributed by atoms with van der Waals surface area (Å²) in [5, 5.41) is 12.3. The van der Waals surface area contributed by atoms with E-state index in [0.717, 1.165) is 11.1 Å². The molecular formula is C31H27N3O5S. The SMILES string of the molecule is COc1ccc(S(=O)(=O)Nc2ccc(N=Cc3c(O)n(-c4ccc(C)cc4C)c(=O)c4ccccc34)cc2)cc1. The van der Waals surface area contributed by atoms with E-state index in [9.17, 15) is 18.3 Å². The normalized spacial score (nSPS) is 11.7. The number of rotatable bonds is 7. The number of hydrogen-bond donors (Lipinski definition) is 2. The molecule has 0 saturated heterocycles. The van der Waals surface area contributed by atoms with Gasteiger partial charge in [-0.25, -0.2) is 13.0 Å². The summed E-state index contributed by atoms with van der Waals surface area (Å²) < 4.78 is 34.4. The number of fused-ring (bicyclic) bond motifs is 1. The van der Waals surface area contributed by atoms with Crippen molar-refractivity contribution >= 4 is 38.4 Å². The van der Waals surface area contributed by atoms with Gasteiger partial charge in [-0.3, -0.25) is 14.5 Å². The molecule has 0 aliphatic carbocycles. The van der Waals surface area contributed by atoms with Gasteiger partial charge in [-0.05, 0) is 80.1 Å². The van der Waals surface area contributed by atoms with E-state index in [2.05, 4.69) is 9.71 Å². The number of aliphatic imine (C=N–C) groups is 1. The van der Waals surface area contributed by atoms with E-state index in [4.69, 9.17) is 4.74 Å². The minimum Gasteiger partial charge on any atom is -0.497 e. The van der Waals surface area contributed by atoms with Gasteiger partial charge in [-0.1, -0.05) is 35.9 Å². The molecule has 0 aliphatic heterocycles. The number of methoxy groups -OCH3 is 1. The number of ether oxygens (including phenoxy) is 1. The Morgan fingerprint density at radius 3 is 2.23 bits per heavy atom. The van der Waals surface area contributed by atoms with Crippen molar-refractivity contribution in [3.63, 3.8) is 0 Å². The van der Waals surface area contributed by atoms with E-state index >= 15 is 0 Å². The van der Waals surface area contributed by atoms with Crippen LogP contribution in [0.1, 0.15) is 16.7 Å². The first-order valence-electron chi connectivity index (χ1n) is 12.4. The summed E-state index contributed by atoms with van der Waals surface area (Å²) in [5.41, 5.74) is 3.44. The van der Waals surface area contributed by atoms with E-state index in [1.54, 1.807) is 60.7 Å². The Morgan fingerprint density at radius 2 is 1.57 bits per heavy atom. The zero-order valence-corrected chi connectivity index (χ0v) is 22.9. The highest BCUT2D eigenvalue weighted by Gasteiger charge is 2.18. The van der Waals surface area contributed by atoms with Gasteiger partial charge < -0.3 is 9.84 Å². The highest BCUT2D eigenvalue weighted by atomic mass is 32.2. The minimum absolute atomic E-state index is 0.108. The number of nitrogens with zero attached hydrogens (tertiary/aromatic N) is 2. The number of pyridine rings is 1. The fourth-order valence-electron chi connectivity index (χ4n) is 4.49. The summed E-state index contributed by atoms with van der Waals surface area (Å²) in [4.78, 5) is 18.0.